The minimum absolute atomic E-state index is 0.242. The largest absolute Gasteiger partial charge is 0.379 e. The molecule has 0 saturated carbocycles. The van der Waals surface area contributed by atoms with Gasteiger partial charge in [-0.3, -0.25) is 4.90 Å². The third-order valence-corrected chi connectivity index (χ3v) is 5.69. The monoisotopic (exact) mass is 413 g/mol. The van der Waals surface area contributed by atoms with Crippen LogP contribution in [0.3, 0.4) is 0 Å². The summed E-state index contributed by atoms with van der Waals surface area (Å²) in [6.07, 6.45) is 1.86. The number of hydrogen-bond donors (Lipinski definition) is 0. The molecule has 31 heavy (non-hydrogen) atoms. The quantitative estimate of drug-likeness (QED) is 0.452. The minimum Gasteiger partial charge on any atom is -0.379 e. The van der Waals surface area contributed by atoms with Crippen molar-refractivity contribution in [2.45, 2.75) is 6.54 Å². The molecule has 1 aliphatic heterocycles. The number of nitrogens with zero attached hydrogens (tertiary/aromatic N) is 3. The molecule has 5 rings (SSSR count). The van der Waals surface area contributed by atoms with Gasteiger partial charge in [0.1, 0.15) is 5.82 Å². The Labute approximate surface area is 181 Å². The predicted octanol–water partition coefficient (Wildman–Crippen LogP) is 5.18. The SMILES string of the molecule is Fc1ccccc1-c1c(CN2CCOCC2)cnn1-c1ccc(-c2ccccc2)cc1. The molecule has 2 heterocycles. The van der Waals surface area contributed by atoms with Crippen LogP contribution in [0.4, 0.5) is 4.39 Å². The van der Waals surface area contributed by atoms with Gasteiger partial charge in [0.15, 0.2) is 0 Å². The third kappa shape index (κ3) is 4.15. The van der Waals surface area contributed by atoms with Crippen LogP contribution in [-0.4, -0.2) is 41.0 Å². The van der Waals surface area contributed by atoms with Crippen LogP contribution in [-0.2, 0) is 11.3 Å². The highest BCUT2D eigenvalue weighted by Crippen LogP contribution is 2.30. The van der Waals surface area contributed by atoms with Crippen LogP contribution < -0.4 is 0 Å². The number of morpholine rings is 1. The lowest BCUT2D eigenvalue weighted by Gasteiger charge is -2.26. The molecule has 0 unspecified atom stereocenters. The van der Waals surface area contributed by atoms with Crippen molar-refractivity contribution in [3.63, 3.8) is 0 Å². The van der Waals surface area contributed by atoms with Crippen LogP contribution in [0.5, 0.6) is 0 Å². The summed E-state index contributed by atoms with van der Waals surface area (Å²) in [5.74, 6) is -0.242. The van der Waals surface area contributed by atoms with Gasteiger partial charge >= 0.3 is 0 Å². The Morgan fingerprint density at radius 1 is 0.806 bits per heavy atom. The van der Waals surface area contributed by atoms with E-state index in [0.717, 1.165) is 60.9 Å². The Bertz CT molecular complexity index is 1150. The van der Waals surface area contributed by atoms with Gasteiger partial charge in [-0.15, -0.1) is 0 Å². The van der Waals surface area contributed by atoms with Gasteiger partial charge in [0, 0.05) is 30.8 Å². The third-order valence-electron chi connectivity index (χ3n) is 5.69. The fourth-order valence-corrected chi connectivity index (χ4v) is 4.06. The average Bonchev–Trinajstić information content (AvgIpc) is 3.24. The molecule has 0 amide bonds. The van der Waals surface area contributed by atoms with Crippen molar-refractivity contribution in [2.75, 3.05) is 26.3 Å². The topological polar surface area (TPSA) is 30.3 Å². The second-order valence-electron chi connectivity index (χ2n) is 7.71. The van der Waals surface area contributed by atoms with Crippen LogP contribution in [0.1, 0.15) is 5.56 Å². The van der Waals surface area contributed by atoms with E-state index in [0.29, 0.717) is 5.56 Å². The lowest BCUT2D eigenvalue weighted by atomic mass is 10.0. The summed E-state index contributed by atoms with van der Waals surface area (Å²) in [5, 5.41) is 4.66. The zero-order valence-electron chi connectivity index (χ0n) is 17.2. The summed E-state index contributed by atoms with van der Waals surface area (Å²) in [6.45, 7) is 3.91. The second-order valence-corrected chi connectivity index (χ2v) is 7.71. The zero-order valence-corrected chi connectivity index (χ0v) is 17.2. The first kappa shape index (κ1) is 19.7. The van der Waals surface area contributed by atoms with Crippen LogP contribution >= 0.6 is 0 Å². The normalized spacial score (nSPS) is 14.6. The van der Waals surface area contributed by atoms with Crippen LogP contribution in [0.2, 0.25) is 0 Å². The highest BCUT2D eigenvalue weighted by atomic mass is 19.1. The Balaban J connectivity index is 1.54. The number of aromatic nitrogens is 2. The molecule has 1 saturated heterocycles. The number of rotatable bonds is 5. The number of benzene rings is 3. The summed E-state index contributed by atoms with van der Waals surface area (Å²) in [5.41, 5.74) is 5.59. The molecule has 0 radical (unpaired) electrons. The van der Waals surface area contributed by atoms with Crippen molar-refractivity contribution in [2.24, 2.45) is 0 Å². The Morgan fingerprint density at radius 3 is 2.23 bits per heavy atom. The van der Waals surface area contributed by atoms with Gasteiger partial charge in [0.25, 0.3) is 0 Å². The first-order valence-corrected chi connectivity index (χ1v) is 10.6. The van der Waals surface area contributed by atoms with Crippen LogP contribution in [0.15, 0.2) is 85.1 Å². The summed E-state index contributed by atoms with van der Waals surface area (Å²) >= 11 is 0. The van der Waals surface area contributed by atoms with E-state index in [2.05, 4.69) is 34.3 Å². The van der Waals surface area contributed by atoms with E-state index in [1.807, 2.05) is 53.3 Å². The molecular formula is C26H24FN3O. The van der Waals surface area contributed by atoms with Crippen molar-refractivity contribution in [1.82, 2.24) is 14.7 Å². The van der Waals surface area contributed by atoms with Crippen molar-refractivity contribution in [1.29, 1.82) is 0 Å². The molecule has 0 N–H and O–H groups in total. The molecule has 1 aliphatic rings. The summed E-state index contributed by atoms with van der Waals surface area (Å²) < 4.78 is 22.1. The fraction of sp³-hybridized carbons (Fsp3) is 0.192. The van der Waals surface area contributed by atoms with Gasteiger partial charge < -0.3 is 4.74 Å². The summed E-state index contributed by atoms with van der Waals surface area (Å²) in [6, 6.07) is 25.4. The Morgan fingerprint density at radius 2 is 1.48 bits per heavy atom. The van der Waals surface area contributed by atoms with Gasteiger partial charge in [-0.1, -0.05) is 54.6 Å². The second kappa shape index (κ2) is 8.84. The first-order valence-electron chi connectivity index (χ1n) is 10.6. The molecule has 4 aromatic rings. The molecule has 0 aliphatic carbocycles. The van der Waals surface area contributed by atoms with E-state index < -0.39 is 0 Å². The molecule has 0 atom stereocenters. The predicted molar refractivity (Wildman–Crippen MR) is 120 cm³/mol. The maximum Gasteiger partial charge on any atom is 0.132 e. The van der Waals surface area contributed by atoms with E-state index in [9.17, 15) is 4.39 Å². The molecule has 0 spiro atoms. The van der Waals surface area contributed by atoms with E-state index >= 15 is 0 Å². The van der Waals surface area contributed by atoms with Gasteiger partial charge in [-0.2, -0.15) is 5.10 Å². The van der Waals surface area contributed by atoms with Gasteiger partial charge in [-0.25, -0.2) is 9.07 Å². The molecule has 5 heteroatoms. The first-order chi connectivity index (χ1) is 15.3. The molecule has 1 aromatic heterocycles. The highest BCUT2D eigenvalue weighted by molar-refractivity contribution is 5.68. The Kier molecular flexibility index (Phi) is 5.61. The highest BCUT2D eigenvalue weighted by Gasteiger charge is 2.20. The van der Waals surface area contributed by atoms with Crippen molar-refractivity contribution in [3.05, 3.63) is 96.4 Å². The van der Waals surface area contributed by atoms with E-state index in [1.165, 1.54) is 6.07 Å². The number of ether oxygens (including phenoxy) is 1. The smallest absolute Gasteiger partial charge is 0.132 e. The summed E-state index contributed by atoms with van der Waals surface area (Å²) in [7, 11) is 0. The van der Waals surface area contributed by atoms with E-state index in [1.54, 1.807) is 6.07 Å². The minimum atomic E-state index is -0.242. The maximum absolute atomic E-state index is 14.8. The molecule has 4 nitrogen and oxygen atoms in total. The maximum atomic E-state index is 14.8. The molecule has 1 fully saturated rings. The molecule has 0 bridgehead atoms. The summed E-state index contributed by atoms with van der Waals surface area (Å²) in [4.78, 5) is 2.33. The lowest BCUT2D eigenvalue weighted by Crippen LogP contribution is -2.35. The molecular weight excluding hydrogens is 389 g/mol. The van der Waals surface area contributed by atoms with Crippen LogP contribution in [0.25, 0.3) is 28.1 Å². The zero-order chi connectivity index (χ0) is 21.0. The average molecular weight is 413 g/mol. The van der Waals surface area contributed by atoms with Crippen molar-refractivity contribution < 1.29 is 9.13 Å². The van der Waals surface area contributed by atoms with E-state index in [-0.39, 0.29) is 5.82 Å². The standard InChI is InChI=1S/C26H24FN3O/c27-25-9-5-4-8-24(25)26-22(19-29-14-16-31-17-15-29)18-28-30(26)23-12-10-21(11-13-23)20-6-2-1-3-7-20/h1-13,18H,14-17,19H2. The van der Waals surface area contributed by atoms with Crippen LogP contribution in [0, 0.1) is 5.82 Å². The number of halogens is 1. The van der Waals surface area contributed by atoms with Crippen molar-refractivity contribution >= 4 is 0 Å². The van der Waals surface area contributed by atoms with Gasteiger partial charge in [-0.05, 0) is 35.4 Å². The number of hydrogen-bond acceptors (Lipinski definition) is 3. The van der Waals surface area contributed by atoms with Crippen molar-refractivity contribution in [3.8, 4) is 28.1 Å². The van der Waals surface area contributed by atoms with Gasteiger partial charge in [0.2, 0.25) is 0 Å². The Hall–Kier alpha value is -3.28. The molecule has 3 aromatic carbocycles. The lowest BCUT2D eigenvalue weighted by molar-refractivity contribution is 0.0342. The van der Waals surface area contributed by atoms with Gasteiger partial charge in [0.05, 0.1) is 30.8 Å². The fourth-order valence-electron chi connectivity index (χ4n) is 4.06. The molecule has 156 valence electrons. The van der Waals surface area contributed by atoms with E-state index in [4.69, 9.17) is 4.74 Å².